The highest BCUT2D eigenvalue weighted by Crippen LogP contribution is 2.40. The van der Waals surface area contributed by atoms with Gasteiger partial charge in [-0.05, 0) is 37.3 Å². The van der Waals surface area contributed by atoms with Crippen molar-refractivity contribution in [3.63, 3.8) is 0 Å². The van der Waals surface area contributed by atoms with Crippen molar-refractivity contribution in [3.05, 3.63) is 48.0 Å². The highest BCUT2D eigenvalue weighted by molar-refractivity contribution is 6.00. The number of methoxy groups -OCH3 is 1. The summed E-state index contributed by atoms with van der Waals surface area (Å²) < 4.78 is 5.55. The van der Waals surface area contributed by atoms with Crippen molar-refractivity contribution in [3.8, 4) is 16.9 Å². The lowest BCUT2D eigenvalue weighted by Crippen LogP contribution is -2.29. The first-order valence-electron chi connectivity index (χ1n) is 8.61. The number of aliphatic hydroxyl groups excluding tert-OH is 1. The molecule has 5 heteroatoms. The molecule has 0 unspecified atom stereocenters. The normalized spacial score (nSPS) is 20.1. The minimum Gasteiger partial charge on any atom is -0.494 e. The lowest BCUT2D eigenvalue weighted by Gasteiger charge is -2.29. The third kappa shape index (κ3) is 3.77. The molecule has 0 spiro atoms. The van der Waals surface area contributed by atoms with Gasteiger partial charge in [0.25, 0.3) is 5.91 Å². The maximum atomic E-state index is 11.8. The fourth-order valence-electron chi connectivity index (χ4n) is 3.41. The first kappa shape index (κ1) is 17.3. The van der Waals surface area contributed by atoms with Crippen LogP contribution in [0.1, 0.15) is 36.0 Å². The van der Waals surface area contributed by atoms with Crippen LogP contribution < -0.4 is 15.8 Å². The van der Waals surface area contributed by atoms with Gasteiger partial charge in [0.15, 0.2) is 5.75 Å². The Bertz CT molecular complexity index is 738. The summed E-state index contributed by atoms with van der Waals surface area (Å²) in [6, 6.07) is 13.8. The molecule has 5 nitrogen and oxygen atoms in total. The molecular formula is C20H24N2O3. The average Bonchev–Trinajstić information content (AvgIpc) is 2.63. The summed E-state index contributed by atoms with van der Waals surface area (Å²) in [5, 5.41) is 13.3. The Morgan fingerprint density at radius 1 is 1.12 bits per heavy atom. The van der Waals surface area contributed by atoms with Gasteiger partial charge in [-0.1, -0.05) is 36.4 Å². The van der Waals surface area contributed by atoms with E-state index in [9.17, 15) is 9.90 Å². The third-order valence-electron chi connectivity index (χ3n) is 4.76. The van der Waals surface area contributed by atoms with E-state index in [4.69, 9.17) is 10.5 Å². The SMILES string of the molecule is COc1c(C(N)=O)ccc(-c2ccccc2)c1NC1CCC(O)CC1. The molecule has 132 valence electrons. The van der Waals surface area contributed by atoms with Crippen molar-refractivity contribution in [1.82, 2.24) is 0 Å². The van der Waals surface area contributed by atoms with E-state index in [1.54, 1.807) is 13.2 Å². The minimum absolute atomic E-state index is 0.217. The van der Waals surface area contributed by atoms with Gasteiger partial charge in [0.1, 0.15) is 0 Å². The fraction of sp³-hybridized carbons (Fsp3) is 0.350. The number of hydrogen-bond acceptors (Lipinski definition) is 4. The zero-order chi connectivity index (χ0) is 17.8. The molecule has 0 aliphatic heterocycles. The first-order chi connectivity index (χ1) is 12.1. The highest BCUT2D eigenvalue weighted by Gasteiger charge is 2.24. The Morgan fingerprint density at radius 3 is 2.40 bits per heavy atom. The number of ether oxygens (including phenoxy) is 1. The van der Waals surface area contributed by atoms with Crippen LogP contribution >= 0.6 is 0 Å². The highest BCUT2D eigenvalue weighted by atomic mass is 16.5. The van der Waals surface area contributed by atoms with Gasteiger partial charge in [0.2, 0.25) is 0 Å². The standard InChI is InChI=1S/C20H24N2O3/c1-25-19-17(20(21)24)12-11-16(13-5-3-2-4-6-13)18(19)22-14-7-9-15(23)10-8-14/h2-6,11-12,14-15,22-23H,7-10H2,1H3,(H2,21,24). The molecule has 1 aliphatic rings. The van der Waals surface area contributed by atoms with Gasteiger partial charge < -0.3 is 20.9 Å². The van der Waals surface area contributed by atoms with Crippen LogP contribution in [0.25, 0.3) is 11.1 Å². The van der Waals surface area contributed by atoms with E-state index in [0.717, 1.165) is 42.5 Å². The predicted molar refractivity (Wildman–Crippen MR) is 98.8 cm³/mol. The molecule has 0 bridgehead atoms. The maximum Gasteiger partial charge on any atom is 0.252 e. The van der Waals surface area contributed by atoms with E-state index in [1.165, 1.54) is 0 Å². The summed E-state index contributed by atoms with van der Waals surface area (Å²) in [6.45, 7) is 0. The Balaban J connectivity index is 2.04. The summed E-state index contributed by atoms with van der Waals surface area (Å²) in [4.78, 5) is 11.8. The monoisotopic (exact) mass is 340 g/mol. The van der Waals surface area contributed by atoms with Gasteiger partial charge in [0.05, 0.1) is 24.5 Å². The second-order valence-electron chi connectivity index (χ2n) is 6.45. The number of benzene rings is 2. The number of carbonyl (C=O) groups excluding carboxylic acids is 1. The molecule has 1 fully saturated rings. The van der Waals surface area contributed by atoms with Crippen molar-refractivity contribution in [2.75, 3.05) is 12.4 Å². The molecule has 2 aromatic rings. The van der Waals surface area contributed by atoms with Crippen LogP contribution in [-0.2, 0) is 0 Å². The quantitative estimate of drug-likeness (QED) is 0.780. The van der Waals surface area contributed by atoms with E-state index in [2.05, 4.69) is 5.32 Å². The minimum atomic E-state index is -0.515. The van der Waals surface area contributed by atoms with E-state index in [0.29, 0.717) is 11.3 Å². The summed E-state index contributed by atoms with van der Waals surface area (Å²) in [6.07, 6.45) is 3.08. The van der Waals surface area contributed by atoms with Crippen LogP contribution in [0.3, 0.4) is 0 Å². The van der Waals surface area contributed by atoms with Gasteiger partial charge >= 0.3 is 0 Å². The number of amides is 1. The first-order valence-corrected chi connectivity index (χ1v) is 8.61. The van der Waals surface area contributed by atoms with Gasteiger partial charge in [-0.3, -0.25) is 4.79 Å². The van der Waals surface area contributed by atoms with Crippen LogP contribution in [0.5, 0.6) is 5.75 Å². The smallest absolute Gasteiger partial charge is 0.252 e. The average molecular weight is 340 g/mol. The van der Waals surface area contributed by atoms with Crippen molar-refractivity contribution >= 4 is 11.6 Å². The summed E-state index contributed by atoms with van der Waals surface area (Å²) in [5.74, 6) is -0.0430. The van der Waals surface area contributed by atoms with E-state index < -0.39 is 5.91 Å². The molecule has 0 saturated heterocycles. The summed E-state index contributed by atoms with van der Waals surface area (Å²) in [7, 11) is 1.55. The fourth-order valence-corrected chi connectivity index (χ4v) is 3.41. The topological polar surface area (TPSA) is 84.6 Å². The molecule has 1 aliphatic carbocycles. The zero-order valence-corrected chi connectivity index (χ0v) is 14.4. The molecule has 2 aromatic carbocycles. The van der Waals surface area contributed by atoms with Gasteiger partial charge in [-0.2, -0.15) is 0 Å². The number of hydrogen-bond donors (Lipinski definition) is 3. The van der Waals surface area contributed by atoms with Gasteiger partial charge in [-0.15, -0.1) is 0 Å². The van der Waals surface area contributed by atoms with Crippen LogP contribution in [0.15, 0.2) is 42.5 Å². The molecule has 1 saturated carbocycles. The maximum absolute atomic E-state index is 11.8. The number of nitrogens with two attached hydrogens (primary N) is 1. The van der Waals surface area contributed by atoms with Gasteiger partial charge in [0, 0.05) is 11.6 Å². The van der Waals surface area contributed by atoms with Crippen molar-refractivity contribution in [1.29, 1.82) is 0 Å². The molecule has 0 aromatic heterocycles. The lowest BCUT2D eigenvalue weighted by atomic mass is 9.92. The lowest BCUT2D eigenvalue weighted by molar-refractivity contribution is 0.0997. The molecule has 0 atom stereocenters. The summed E-state index contributed by atoms with van der Waals surface area (Å²) in [5.41, 5.74) is 8.67. The molecule has 4 N–H and O–H groups in total. The van der Waals surface area contributed by atoms with E-state index >= 15 is 0 Å². The molecule has 0 heterocycles. The van der Waals surface area contributed by atoms with Crippen LogP contribution in [0, 0.1) is 0 Å². The number of carbonyl (C=O) groups is 1. The molecular weight excluding hydrogens is 316 g/mol. The van der Waals surface area contributed by atoms with E-state index in [-0.39, 0.29) is 12.1 Å². The van der Waals surface area contributed by atoms with Gasteiger partial charge in [-0.25, -0.2) is 0 Å². The van der Waals surface area contributed by atoms with Crippen molar-refractivity contribution in [2.45, 2.75) is 37.8 Å². The third-order valence-corrected chi connectivity index (χ3v) is 4.76. The number of aliphatic hydroxyl groups is 1. The number of primary amides is 1. The molecule has 25 heavy (non-hydrogen) atoms. The van der Waals surface area contributed by atoms with Crippen LogP contribution in [0.2, 0.25) is 0 Å². The largest absolute Gasteiger partial charge is 0.494 e. The Labute approximate surface area is 147 Å². The van der Waals surface area contributed by atoms with Crippen LogP contribution in [0.4, 0.5) is 5.69 Å². The predicted octanol–water partition coefficient (Wildman–Crippen LogP) is 3.18. The second-order valence-corrected chi connectivity index (χ2v) is 6.45. The Kier molecular flexibility index (Phi) is 5.24. The summed E-state index contributed by atoms with van der Waals surface area (Å²) >= 11 is 0. The molecule has 0 radical (unpaired) electrons. The number of anilines is 1. The Hall–Kier alpha value is -2.53. The van der Waals surface area contributed by atoms with Crippen LogP contribution in [-0.4, -0.2) is 30.3 Å². The van der Waals surface area contributed by atoms with Crippen molar-refractivity contribution in [2.24, 2.45) is 5.73 Å². The second kappa shape index (κ2) is 7.57. The number of rotatable bonds is 5. The Morgan fingerprint density at radius 2 is 1.80 bits per heavy atom. The van der Waals surface area contributed by atoms with E-state index in [1.807, 2.05) is 36.4 Å². The van der Waals surface area contributed by atoms with Crippen molar-refractivity contribution < 1.29 is 14.6 Å². The number of nitrogens with one attached hydrogen (secondary N) is 1. The molecule has 1 amide bonds. The molecule has 3 rings (SSSR count). The zero-order valence-electron chi connectivity index (χ0n) is 14.4.